The van der Waals surface area contributed by atoms with Crippen molar-refractivity contribution < 1.29 is 9.90 Å². The lowest BCUT2D eigenvalue weighted by Gasteiger charge is -2.21. The number of hydrogen-bond acceptors (Lipinski definition) is 5. The number of hydrogen-bond donors (Lipinski definition) is 2. The van der Waals surface area contributed by atoms with Gasteiger partial charge in [-0.3, -0.25) is 0 Å². The normalized spacial score (nSPS) is 17.0. The minimum atomic E-state index is -0.887. The maximum atomic E-state index is 10.9. The molecule has 4 nitrogen and oxygen atoms in total. The topological polar surface area (TPSA) is 62.2 Å². The number of carboxylic acid groups (broad SMARTS) is 1. The fourth-order valence-corrected chi connectivity index (χ4v) is 3.87. The van der Waals surface area contributed by atoms with Crippen LogP contribution in [-0.4, -0.2) is 34.1 Å². The van der Waals surface area contributed by atoms with Crippen LogP contribution in [0.5, 0.6) is 0 Å². The first-order valence-electron chi connectivity index (χ1n) is 5.69. The number of anilines is 1. The maximum Gasteiger partial charge on any atom is 0.347 e. The van der Waals surface area contributed by atoms with Gasteiger partial charge in [0, 0.05) is 6.54 Å². The fourth-order valence-electron chi connectivity index (χ4n) is 1.85. The van der Waals surface area contributed by atoms with Gasteiger partial charge in [0.1, 0.15) is 4.88 Å². The summed E-state index contributed by atoms with van der Waals surface area (Å²) in [5.41, 5.74) is 0.601. The third-order valence-corrected chi connectivity index (χ3v) is 5.03. The Bertz CT molecular complexity index is 400. The molecule has 6 heteroatoms. The van der Waals surface area contributed by atoms with Gasteiger partial charge in [0.2, 0.25) is 0 Å². The van der Waals surface area contributed by atoms with Crippen LogP contribution in [0.4, 0.5) is 5.13 Å². The molecule has 1 aliphatic rings. The second-order valence-corrected chi connectivity index (χ2v) is 6.40. The second kappa shape index (κ2) is 5.73. The van der Waals surface area contributed by atoms with E-state index in [0.717, 1.165) is 11.7 Å². The highest BCUT2D eigenvalue weighted by atomic mass is 32.2. The summed E-state index contributed by atoms with van der Waals surface area (Å²) in [6, 6.07) is 0. The monoisotopic (exact) mass is 272 g/mol. The minimum absolute atomic E-state index is 0.340. The summed E-state index contributed by atoms with van der Waals surface area (Å²) in [4.78, 5) is 15.5. The SMILES string of the molecule is Cc1nc(NCC2CCSCC2)sc1C(=O)O. The molecule has 1 aromatic rings. The van der Waals surface area contributed by atoms with Crippen LogP contribution in [0.15, 0.2) is 0 Å². The molecule has 0 unspecified atom stereocenters. The Balaban J connectivity index is 1.90. The van der Waals surface area contributed by atoms with E-state index in [2.05, 4.69) is 10.3 Å². The Labute approximate surface area is 109 Å². The van der Waals surface area contributed by atoms with E-state index < -0.39 is 5.97 Å². The van der Waals surface area contributed by atoms with Crippen LogP contribution < -0.4 is 5.32 Å². The molecule has 94 valence electrons. The van der Waals surface area contributed by atoms with E-state index in [1.54, 1.807) is 6.92 Å². The Morgan fingerprint density at radius 1 is 1.53 bits per heavy atom. The van der Waals surface area contributed by atoms with Crippen molar-refractivity contribution in [3.8, 4) is 0 Å². The molecule has 0 aromatic carbocycles. The number of aromatic nitrogens is 1. The van der Waals surface area contributed by atoms with Crippen molar-refractivity contribution in [1.29, 1.82) is 0 Å². The van der Waals surface area contributed by atoms with E-state index in [9.17, 15) is 4.79 Å². The van der Waals surface area contributed by atoms with Crippen LogP contribution in [0.25, 0.3) is 0 Å². The highest BCUT2D eigenvalue weighted by molar-refractivity contribution is 7.99. The van der Waals surface area contributed by atoms with Crippen molar-refractivity contribution in [2.24, 2.45) is 5.92 Å². The van der Waals surface area contributed by atoms with E-state index in [4.69, 9.17) is 5.11 Å². The van der Waals surface area contributed by atoms with Gasteiger partial charge in [-0.1, -0.05) is 11.3 Å². The van der Waals surface area contributed by atoms with Gasteiger partial charge in [-0.05, 0) is 37.2 Å². The number of thioether (sulfide) groups is 1. The minimum Gasteiger partial charge on any atom is -0.477 e. The first kappa shape index (κ1) is 12.7. The van der Waals surface area contributed by atoms with Crippen molar-refractivity contribution in [1.82, 2.24) is 4.98 Å². The zero-order chi connectivity index (χ0) is 12.3. The summed E-state index contributed by atoms with van der Waals surface area (Å²) in [5.74, 6) is 2.30. The summed E-state index contributed by atoms with van der Waals surface area (Å²) in [6.45, 7) is 2.65. The summed E-state index contributed by atoms with van der Waals surface area (Å²) in [6.07, 6.45) is 2.49. The summed E-state index contributed by atoms with van der Waals surface area (Å²) in [7, 11) is 0. The number of nitrogens with zero attached hydrogens (tertiary/aromatic N) is 1. The molecule has 1 saturated heterocycles. The van der Waals surface area contributed by atoms with Crippen molar-refractivity contribution in [3.63, 3.8) is 0 Å². The first-order valence-corrected chi connectivity index (χ1v) is 7.66. The number of thiazole rings is 1. The van der Waals surface area contributed by atoms with Crippen molar-refractivity contribution in [2.75, 3.05) is 23.4 Å². The predicted molar refractivity (Wildman–Crippen MR) is 72.3 cm³/mol. The Hall–Kier alpha value is -0.750. The summed E-state index contributed by atoms with van der Waals surface area (Å²) in [5, 5.41) is 12.9. The molecule has 0 radical (unpaired) electrons. The number of carboxylic acids is 1. The summed E-state index contributed by atoms with van der Waals surface area (Å²) < 4.78 is 0. The van der Waals surface area contributed by atoms with Crippen molar-refractivity contribution in [3.05, 3.63) is 10.6 Å². The standard InChI is InChI=1S/C11H16N2O2S2/c1-7-9(10(14)15)17-11(13-7)12-6-8-2-4-16-5-3-8/h8H,2-6H2,1H3,(H,12,13)(H,14,15). The lowest BCUT2D eigenvalue weighted by atomic mass is 10.0. The third-order valence-electron chi connectivity index (χ3n) is 2.87. The molecule has 0 atom stereocenters. The van der Waals surface area contributed by atoms with Crippen LogP contribution in [0.3, 0.4) is 0 Å². The number of aryl methyl sites for hydroxylation is 1. The lowest BCUT2D eigenvalue weighted by molar-refractivity contribution is 0.0701. The summed E-state index contributed by atoms with van der Waals surface area (Å²) >= 11 is 3.24. The van der Waals surface area contributed by atoms with Crippen LogP contribution in [0, 0.1) is 12.8 Å². The molecular formula is C11H16N2O2S2. The third kappa shape index (κ3) is 3.35. The van der Waals surface area contributed by atoms with E-state index in [0.29, 0.717) is 16.5 Å². The number of nitrogens with one attached hydrogen (secondary N) is 1. The maximum absolute atomic E-state index is 10.9. The molecule has 2 rings (SSSR count). The molecule has 0 amide bonds. The van der Waals surface area contributed by atoms with Crippen LogP contribution in [0.1, 0.15) is 28.2 Å². The van der Waals surface area contributed by atoms with Gasteiger partial charge in [0.25, 0.3) is 0 Å². The number of carbonyl (C=O) groups is 1. The zero-order valence-electron chi connectivity index (χ0n) is 9.73. The van der Waals surface area contributed by atoms with Gasteiger partial charge < -0.3 is 10.4 Å². The zero-order valence-corrected chi connectivity index (χ0v) is 11.4. The first-order chi connectivity index (χ1) is 8.16. The molecule has 2 N–H and O–H groups in total. The van der Waals surface area contributed by atoms with Gasteiger partial charge in [-0.2, -0.15) is 11.8 Å². The molecule has 1 aromatic heterocycles. The van der Waals surface area contributed by atoms with Crippen LogP contribution >= 0.6 is 23.1 Å². The number of aromatic carboxylic acids is 1. The second-order valence-electron chi connectivity index (χ2n) is 4.18. The van der Waals surface area contributed by atoms with Gasteiger partial charge >= 0.3 is 5.97 Å². The molecule has 0 spiro atoms. The molecule has 0 aliphatic carbocycles. The average Bonchev–Trinajstić information content (AvgIpc) is 2.69. The van der Waals surface area contributed by atoms with E-state index >= 15 is 0 Å². The number of rotatable bonds is 4. The largest absolute Gasteiger partial charge is 0.477 e. The van der Waals surface area contributed by atoms with Gasteiger partial charge in [0.05, 0.1) is 5.69 Å². The van der Waals surface area contributed by atoms with Gasteiger partial charge in [-0.25, -0.2) is 9.78 Å². The molecule has 0 saturated carbocycles. The Kier molecular flexibility index (Phi) is 4.28. The molecular weight excluding hydrogens is 256 g/mol. The molecule has 0 bridgehead atoms. The molecule has 17 heavy (non-hydrogen) atoms. The smallest absolute Gasteiger partial charge is 0.347 e. The lowest BCUT2D eigenvalue weighted by Crippen LogP contribution is -2.18. The van der Waals surface area contributed by atoms with Gasteiger partial charge in [0.15, 0.2) is 5.13 Å². The van der Waals surface area contributed by atoms with Crippen molar-refractivity contribution in [2.45, 2.75) is 19.8 Å². The highest BCUT2D eigenvalue weighted by Gasteiger charge is 2.16. The predicted octanol–water partition coefficient (Wildman–Crippen LogP) is 2.70. The molecule has 1 fully saturated rings. The highest BCUT2D eigenvalue weighted by Crippen LogP contribution is 2.25. The Morgan fingerprint density at radius 3 is 2.82 bits per heavy atom. The van der Waals surface area contributed by atoms with Crippen molar-refractivity contribution >= 4 is 34.2 Å². The van der Waals surface area contributed by atoms with Crippen LogP contribution in [0.2, 0.25) is 0 Å². The quantitative estimate of drug-likeness (QED) is 0.882. The van der Waals surface area contributed by atoms with E-state index in [1.807, 2.05) is 11.8 Å². The fraction of sp³-hybridized carbons (Fsp3) is 0.636. The van der Waals surface area contributed by atoms with E-state index in [-0.39, 0.29) is 0 Å². The average molecular weight is 272 g/mol. The van der Waals surface area contributed by atoms with E-state index in [1.165, 1.54) is 35.7 Å². The molecule has 2 heterocycles. The van der Waals surface area contributed by atoms with Gasteiger partial charge in [-0.15, -0.1) is 0 Å². The molecule has 1 aliphatic heterocycles. The van der Waals surface area contributed by atoms with Crippen LogP contribution in [-0.2, 0) is 0 Å². The Morgan fingerprint density at radius 2 is 2.24 bits per heavy atom.